The lowest BCUT2D eigenvalue weighted by Crippen LogP contribution is -2.13. The Labute approximate surface area is 164 Å². The first-order valence-corrected chi connectivity index (χ1v) is 8.63. The molecule has 0 aliphatic rings. The highest BCUT2D eigenvalue weighted by Crippen LogP contribution is 2.29. The smallest absolute Gasteiger partial charge is 0.409 e. The SMILES string of the molecule is Cc1nc(-c2nn(Cc3ccccc3F)c3ncccc23)nc(N)c1NC(=O)O. The van der Waals surface area contributed by atoms with Gasteiger partial charge in [0, 0.05) is 11.8 Å². The van der Waals surface area contributed by atoms with Crippen molar-refractivity contribution in [3.8, 4) is 11.5 Å². The van der Waals surface area contributed by atoms with E-state index in [1.54, 1.807) is 48.1 Å². The standard InChI is InChI=1S/C19H16FN7O2/c1-10-14(24-19(28)29)16(21)25-17(23-10)15-12-6-4-8-22-18(12)27(26-15)9-11-5-2-3-7-13(11)20/h2-8,24H,9H2,1H3,(H,28,29)(H2,21,23,25). The van der Waals surface area contributed by atoms with E-state index in [1.807, 2.05) is 0 Å². The Morgan fingerprint density at radius 3 is 2.76 bits per heavy atom. The average Bonchev–Trinajstić information content (AvgIpc) is 3.05. The Balaban J connectivity index is 1.83. The maximum atomic E-state index is 14.1. The molecule has 4 rings (SSSR count). The molecular formula is C19H16FN7O2. The number of halogens is 1. The number of benzene rings is 1. The topological polar surface area (TPSA) is 132 Å². The van der Waals surface area contributed by atoms with Crippen molar-refractivity contribution in [3.63, 3.8) is 0 Å². The van der Waals surface area contributed by atoms with Crippen LogP contribution in [0.5, 0.6) is 0 Å². The summed E-state index contributed by atoms with van der Waals surface area (Å²) in [5, 5.41) is 16.3. The quantitative estimate of drug-likeness (QED) is 0.485. The summed E-state index contributed by atoms with van der Waals surface area (Å²) >= 11 is 0. The Hall–Kier alpha value is -4.08. The summed E-state index contributed by atoms with van der Waals surface area (Å²) in [5.74, 6) is -0.133. The molecule has 1 amide bonds. The molecule has 0 saturated carbocycles. The summed E-state index contributed by atoms with van der Waals surface area (Å²) in [4.78, 5) is 23.8. The molecular weight excluding hydrogens is 377 g/mol. The van der Waals surface area contributed by atoms with E-state index in [2.05, 4.69) is 25.4 Å². The van der Waals surface area contributed by atoms with Crippen LogP contribution in [0.4, 0.5) is 20.7 Å². The number of fused-ring (bicyclic) bond motifs is 1. The highest BCUT2D eigenvalue weighted by Gasteiger charge is 2.19. The van der Waals surface area contributed by atoms with Gasteiger partial charge in [-0.2, -0.15) is 5.10 Å². The minimum Gasteiger partial charge on any atom is -0.465 e. The molecule has 1 aromatic carbocycles. The molecule has 146 valence electrons. The molecule has 4 N–H and O–H groups in total. The third-order valence-electron chi connectivity index (χ3n) is 4.35. The number of nitrogens with zero attached hydrogens (tertiary/aromatic N) is 5. The molecule has 3 heterocycles. The molecule has 0 spiro atoms. The molecule has 4 aromatic rings. The molecule has 3 aromatic heterocycles. The molecule has 10 heteroatoms. The number of hydrogen-bond donors (Lipinski definition) is 3. The summed E-state index contributed by atoms with van der Waals surface area (Å²) in [6, 6.07) is 9.99. The van der Waals surface area contributed by atoms with Gasteiger partial charge in [-0.3, -0.25) is 5.32 Å². The molecule has 0 radical (unpaired) electrons. The van der Waals surface area contributed by atoms with Crippen LogP contribution >= 0.6 is 0 Å². The number of aromatic nitrogens is 5. The van der Waals surface area contributed by atoms with Crippen molar-refractivity contribution >= 4 is 28.6 Å². The Morgan fingerprint density at radius 1 is 1.24 bits per heavy atom. The van der Waals surface area contributed by atoms with Gasteiger partial charge in [-0.05, 0) is 25.1 Å². The third kappa shape index (κ3) is 3.43. The van der Waals surface area contributed by atoms with E-state index in [-0.39, 0.29) is 29.7 Å². The van der Waals surface area contributed by atoms with Crippen LogP contribution in [0.25, 0.3) is 22.6 Å². The Kier molecular flexibility index (Phi) is 4.51. The summed E-state index contributed by atoms with van der Waals surface area (Å²) in [7, 11) is 0. The van der Waals surface area contributed by atoms with Crippen LogP contribution in [0.1, 0.15) is 11.3 Å². The van der Waals surface area contributed by atoms with Crippen LogP contribution in [0.3, 0.4) is 0 Å². The number of hydrogen-bond acceptors (Lipinski definition) is 6. The lowest BCUT2D eigenvalue weighted by atomic mass is 10.2. The van der Waals surface area contributed by atoms with Gasteiger partial charge >= 0.3 is 6.09 Å². The van der Waals surface area contributed by atoms with E-state index in [0.29, 0.717) is 28.0 Å². The number of carbonyl (C=O) groups is 1. The van der Waals surface area contributed by atoms with Crippen LogP contribution in [-0.2, 0) is 6.54 Å². The highest BCUT2D eigenvalue weighted by atomic mass is 19.1. The first-order valence-electron chi connectivity index (χ1n) is 8.63. The van der Waals surface area contributed by atoms with Crippen molar-refractivity contribution in [2.75, 3.05) is 11.1 Å². The normalized spacial score (nSPS) is 11.0. The molecule has 0 aliphatic heterocycles. The van der Waals surface area contributed by atoms with Crippen LogP contribution in [-0.4, -0.2) is 35.9 Å². The maximum Gasteiger partial charge on any atom is 0.409 e. The van der Waals surface area contributed by atoms with Crippen molar-refractivity contribution in [1.29, 1.82) is 0 Å². The van der Waals surface area contributed by atoms with Gasteiger partial charge in [-0.15, -0.1) is 0 Å². The van der Waals surface area contributed by atoms with Gasteiger partial charge < -0.3 is 10.8 Å². The van der Waals surface area contributed by atoms with E-state index in [9.17, 15) is 9.18 Å². The Morgan fingerprint density at radius 2 is 2.03 bits per heavy atom. The van der Waals surface area contributed by atoms with Crippen molar-refractivity contribution < 1.29 is 14.3 Å². The number of nitrogens with two attached hydrogens (primary N) is 1. The average molecular weight is 393 g/mol. The second-order valence-electron chi connectivity index (χ2n) is 6.30. The number of aryl methyl sites for hydroxylation is 1. The zero-order valence-corrected chi connectivity index (χ0v) is 15.3. The molecule has 0 bridgehead atoms. The van der Waals surface area contributed by atoms with E-state index in [0.717, 1.165) is 0 Å². The second-order valence-corrected chi connectivity index (χ2v) is 6.30. The van der Waals surface area contributed by atoms with Crippen molar-refractivity contribution in [2.45, 2.75) is 13.5 Å². The van der Waals surface area contributed by atoms with Crippen LogP contribution in [0.2, 0.25) is 0 Å². The van der Waals surface area contributed by atoms with Gasteiger partial charge in [0.1, 0.15) is 17.2 Å². The van der Waals surface area contributed by atoms with Crippen molar-refractivity contribution in [3.05, 3.63) is 59.7 Å². The minimum absolute atomic E-state index is 0.0180. The molecule has 0 fully saturated rings. The van der Waals surface area contributed by atoms with Gasteiger partial charge in [0.25, 0.3) is 0 Å². The largest absolute Gasteiger partial charge is 0.465 e. The van der Waals surface area contributed by atoms with Crippen molar-refractivity contribution in [2.24, 2.45) is 0 Å². The van der Waals surface area contributed by atoms with Crippen LogP contribution in [0, 0.1) is 12.7 Å². The molecule has 0 aliphatic carbocycles. The van der Waals surface area contributed by atoms with E-state index in [4.69, 9.17) is 10.8 Å². The number of nitrogens with one attached hydrogen (secondary N) is 1. The van der Waals surface area contributed by atoms with Gasteiger partial charge in [-0.1, -0.05) is 18.2 Å². The number of pyridine rings is 1. The summed E-state index contributed by atoms with van der Waals surface area (Å²) in [5.41, 5.74) is 7.82. The van der Waals surface area contributed by atoms with Gasteiger partial charge in [0.05, 0.1) is 17.6 Å². The van der Waals surface area contributed by atoms with E-state index >= 15 is 0 Å². The zero-order chi connectivity index (χ0) is 20.5. The fraction of sp³-hybridized carbons (Fsp3) is 0.105. The van der Waals surface area contributed by atoms with Gasteiger partial charge in [-0.25, -0.2) is 28.8 Å². The first-order chi connectivity index (χ1) is 13.9. The number of carboxylic acid groups (broad SMARTS) is 1. The van der Waals surface area contributed by atoms with Crippen molar-refractivity contribution in [1.82, 2.24) is 24.7 Å². The van der Waals surface area contributed by atoms with Crippen LogP contribution < -0.4 is 11.1 Å². The number of amides is 1. The summed E-state index contributed by atoms with van der Waals surface area (Å²) in [6.07, 6.45) is 0.353. The fourth-order valence-corrected chi connectivity index (χ4v) is 3.04. The fourth-order valence-electron chi connectivity index (χ4n) is 3.04. The molecule has 0 atom stereocenters. The molecule has 29 heavy (non-hydrogen) atoms. The summed E-state index contributed by atoms with van der Waals surface area (Å²) < 4.78 is 15.7. The second kappa shape index (κ2) is 7.15. The lowest BCUT2D eigenvalue weighted by Gasteiger charge is -2.09. The van der Waals surface area contributed by atoms with Gasteiger partial charge in [0.2, 0.25) is 0 Å². The summed E-state index contributed by atoms with van der Waals surface area (Å²) in [6.45, 7) is 1.79. The monoisotopic (exact) mass is 393 g/mol. The molecule has 0 saturated heterocycles. The first kappa shape index (κ1) is 18.3. The Bertz CT molecular complexity index is 1220. The lowest BCUT2D eigenvalue weighted by molar-refractivity contribution is 0.209. The van der Waals surface area contributed by atoms with Crippen LogP contribution in [0.15, 0.2) is 42.6 Å². The third-order valence-corrected chi connectivity index (χ3v) is 4.35. The van der Waals surface area contributed by atoms with E-state index in [1.165, 1.54) is 6.07 Å². The predicted octanol–water partition coefficient (Wildman–Crippen LogP) is 3.06. The minimum atomic E-state index is -1.26. The maximum absolute atomic E-state index is 14.1. The number of nitrogen functional groups attached to an aromatic ring is 1. The molecule has 9 nitrogen and oxygen atoms in total. The number of rotatable bonds is 4. The zero-order valence-electron chi connectivity index (χ0n) is 15.3. The predicted molar refractivity (Wildman–Crippen MR) is 105 cm³/mol. The highest BCUT2D eigenvalue weighted by molar-refractivity contribution is 5.91. The van der Waals surface area contributed by atoms with Gasteiger partial charge in [0.15, 0.2) is 17.3 Å². The number of anilines is 2. The van der Waals surface area contributed by atoms with E-state index < -0.39 is 6.09 Å². The molecule has 0 unspecified atom stereocenters.